The van der Waals surface area contributed by atoms with Crippen molar-refractivity contribution in [2.24, 2.45) is 5.73 Å². The summed E-state index contributed by atoms with van der Waals surface area (Å²) in [4.78, 5) is 0. The largest absolute Gasteiger partial charge is 0.381 e. The van der Waals surface area contributed by atoms with Gasteiger partial charge in [0.2, 0.25) is 0 Å². The van der Waals surface area contributed by atoms with E-state index in [0.717, 1.165) is 10.2 Å². The molecule has 0 aliphatic rings. The Balaban J connectivity index is 2.64. The second-order valence-electron chi connectivity index (χ2n) is 3.84. The van der Waals surface area contributed by atoms with Crippen molar-refractivity contribution in [3.8, 4) is 0 Å². The van der Waals surface area contributed by atoms with Crippen molar-refractivity contribution < 1.29 is 9.47 Å². The number of halogens is 2. The lowest BCUT2D eigenvalue weighted by molar-refractivity contribution is -0.107. The van der Waals surface area contributed by atoms with Crippen LogP contribution < -0.4 is 11.1 Å². The van der Waals surface area contributed by atoms with Crippen molar-refractivity contribution in [1.29, 1.82) is 0 Å². The second kappa shape index (κ2) is 7.96. The molecule has 0 aliphatic heterocycles. The molecule has 0 saturated carbocycles. The highest BCUT2D eigenvalue weighted by molar-refractivity contribution is 9.10. The third-order valence-corrected chi connectivity index (χ3v) is 3.81. The first-order chi connectivity index (χ1) is 8.60. The molecule has 0 heterocycles. The molecule has 1 aromatic rings. The molecule has 1 aromatic carbocycles. The summed E-state index contributed by atoms with van der Waals surface area (Å²) < 4.78 is 11.2. The molecule has 6 heteroatoms. The number of hydrogen-bond acceptors (Lipinski definition) is 4. The molecule has 0 aromatic heterocycles. The van der Waals surface area contributed by atoms with Gasteiger partial charge >= 0.3 is 0 Å². The number of methoxy groups -OCH3 is 2. The molecule has 102 valence electrons. The van der Waals surface area contributed by atoms with Crippen LogP contribution in [0.1, 0.15) is 6.42 Å². The van der Waals surface area contributed by atoms with Crippen LogP contribution in [0.3, 0.4) is 0 Å². The lowest BCUT2D eigenvalue weighted by Gasteiger charge is -2.22. The van der Waals surface area contributed by atoms with Crippen LogP contribution in [0.15, 0.2) is 22.7 Å². The van der Waals surface area contributed by atoms with Crippen molar-refractivity contribution in [3.63, 3.8) is 0 Å². The first-order valence-electron chi connectivity index (χ1n) is 5.58. The summed E-state index contributed by atoms with van der Waals surface area (Å²) in [5, 5.41) is 3.96. The van der Waals surface area contributed by atoms with Crippen LogP contribution in [-0.2, 0) is 9.47 Å². The smallest absolute Gasteiger partial charge is 0.158 e. The molecule has 1 atom stereocenters. The minimum absolute atomic E-state index is 0.0622. The zero-order chi connectivity index (χ0) is 13.5. The summed E-state index contributed by atoms with van der Waals surface area (Å²) >= 11 is 9.38. The number of ether oxygens (including phenoxy) is 2. The Morgan fingerprint density at radius 2 is 2.06 bits per heavy atom. The highest BCUT2D eigenvalue weighted by Crippen LogP contribution is 2.26. The van der Waals surface area contributed by atoms with E-state index in [1.807, 2.05) is 18.2 Å². The lowest BCUT2D eigenvalue weighted by atomic mass is 10.2. The summed E-state index contributed by atoms with van der Waals surface area (Å²) in [6.45, 7) is 0.483. The maximum atomic E-state index is 6.03. The van der Waals surface area contributed by atoms with E-state index in [4.69, 9.17) is 26.8 Å². The van der Waals surface area contributed by atoms with Crippen LogP contribution in [0.2, 0.25) is 5.02 Å². The fourth-order valence-corrected chi connectivity index (χ4v) is 1.98. The Kier molecular flexibility index (Phi) is 6.96. The summed E-state index contributed by atoms with van der Waals surface area (Å²) in [5.74, 6) is 0. The number of rotatable bonds is 7. The lowest BCUT2D eigenvalue weighted by Crippen LogP contribution is -2.34. The standard InChI is InChI=1S/C12H18BrClN2O2/c1-17-12(18-2)6-9(7-15)16-8-3-4-10(13)11(14)5-8/h3-5,9,12,16H,6-7,15H2,1-2H3. The average Bonchev–Trinajstić information content (AvgIpc) is 2.38. The molecule has 0 amide bonds. The van der Waals surface area contributed by atoms with Gasteiger partial charge in [-0.05, 0) is 34.1 Å². The normalized spacial score (nSPS) is 12.8. The molecular formula is C12H18BrClN2O2. The first kappa shape index (κ1) is 15.7. The number of nitrogens with one attached hydrogen (secondary N) is 1. The Hall–Kier alpha value is -0.330. The van der Waals surface area contributed by atoms with Crippen molar-refractivity contribution >= 4 is 33.2 Å². The minimum Gasteiger partial charge on any atom is -0.381 e. The summed E-state index contributed by atoms with van der Waals surface area (Å²) in [6, 6.07) is 5.74. The monoisotopic (exact) mass is 336 g/mol. The Morgan fingerprint density at radius 3 is 2.56 bits per heavy atom. The summed E-state index contributed by atoms with van der Waals surface area (Å²) in [5.41, 5.74) is 6.65. The van der Waals surface area contributed by atoms with Gasteiger partial charge in [0.05, 0.1) is 5.02 Å². The van der Waals surface area contributed by atoms with E-state index in [-0.39, 0.29) is 12.3 Å². The Labute approximate surface area is 121 Å². The van der Waals surface area contributed by atoms with E-state index >= 15 is 0 Å². The zero-order valence-electron chi connectivity index (χ0n) is 10.5. The zero-order valence-corrected chi connectivity index (χ0v) is 12.8. The van der Waals surface area contributed by atoms with Crippen molar-refractivity contribution in [2.45, 2.75) is 18.8 Å². The van der Waals surface area contributed by atoms with Gasteiger partial charge in [-0.25, -0.2) is 0 Å². The van der Waals surface area contributed by atoms with E-state index in [2.05, 4.69) is 21.2 Å². The molecule has 0 bridgehead atoms. The molecule has 0 radical (unpaired) electrons. The predicted octanol–water partition coefficient (Wildman–Crippen LogP) is 2.85. The van der Waals surface area contributed by atoms with Gasteiger partial charge in [-0.15, -0.1) is 0 Å². The fourth-order valence-electron chi connectivity index (χ4n) is 1.56. The first-order valence-corrected chi connectivity index (χ1v) is 6.75. The molecule has 18 heavy (non-hydrogen) atoms. The van der Waals surface area contributed by atoms with Gasteiger partial charge in [-0.2, -0.15) is 0 Å². The maximum absolute atomic E-state index is 6.03. The third-order valence-electron chi connectivity index (χ3n) is 2.58. The van der Waals surface area contributed by atoms with E-state index in [0.29, 0.717) is 18.0 Å². The van der Waals surface area contributed by atoms with Crippen LogP contribution in [0.5, 0.6) is 0 Å². The van der Waals surface area contributed by atoms with Crippen molar-refractivity contribution in [1.82, 2.24) is 0 Å². The minimum atomic E-state index is -0.267. The molecule has 0 fully saturated rings. The molecule has 1 rings (SSSR count). The SMILES string of the molecule is COC(CC(CN)Nc1ccc(Br)c(Cl)c1)OC. The van der Waals surface area contributed by atoms with Gasteiger partial charge in [0.15, 0.2) is 6.29 Å². The van der Waals surface area contributed by atoms with E-state index < -0.39 is 0 Å². The average molecular weight is 338 g/mol. The van der Waals surface area contributed by atoms with Gasteiger partial charge in [-0.3, -0.25) is 0 Å². The van der Waals surface area contributed by atoms with Crippen LogP contribution in [-0.4, -0.2) is 33.1 Å². The van der Waals surface area contributed by atoms with Gasteiger partial charge in [-0.1, -0.05) is 11.6 Å². The fraction of sp³-hybridized carbons (Fsp3) is 0.500. The molecule has 1 unspecified atom stereocenters. The molecular weight excluding hydrogens is 320 g/mol. The van der Waals surface area contributed by atoms with Crippen LogP contribution in [0.25, 0.3) is 0 Å². The van der Waals surface area contributed by atoms with E-state index in [1.165, 1.54) is 0 Å². The summed E-state index contributed by atoms with van der Waals surface area (Å²) in [6.07, 6.45) is 0.397. The van der Waals surface area contributed by atoms with Gasteiger partial charge < -0.3 is 20.5 Å². The van der Waals surface area contributed by atoms with Crippen LogP contribution >= 0.6 is 27.5 Å². The van der Waals surface area contributed by atoms with Crippen molar-refractivity contribution in [3.05, 3.63) is 27.7 Å². The van der Waals surface area contributed by atoms with Gasteiger partial charge in [0.25, 0.3) is 0 Å². The maximum Gasteiger partial charge on any atom is 0.158 e. The molecule has 0 spiro atoms. The number of anilines is 1. The van der Waals surface area contributed by atoms with Crippen LogP contribution in [0.4, 0.5) is 5.69 Å². The molecule has 0 aliphatic carbocycles. The van der Waals surface area contributed by atoms with Gasteiger partial charge in [0, 0.05) is 43.4 Å². The summed E-state index contributed by atoms with van der Waals surface area (Å²) in [7, 11) is 3.22. The third kappa shape index (κ3) is 4.74. The number of hydrogen-bond donors (Lipinski definition) is 2. The topological polar surface area (TPSA) is 56.5 Å². The highest BCUT2D eigenvalue weighted by Gasteiger charge is 2.14. The quantitative estimate of drug-likeness (QED) is 0.751. The highest BCUT2D eigenvalue weighted by atomic mass is 79.9. The van der Waals surface area contributed by atoms with Crippen molar-refractivity contribution in [2.75, 3.05) is 26.1 Å². The second-order valence-corrected chi connectivity index (χ2v) is 5.10. The predicted molar refractivity (Wildman–Crippen MR) is 78.0 cm³/mol. The van der Waals surface area contributed by atoms with E-state index in [9.17, 15) is 0 Å². The molecule has 3 N–H and O–H groups in total. The molecule has 0 saturated heterocycles. The number of nitrogens with two attached hydrogens (primary N) is 1. The van der Waals surface area contributed by atoms with E-state index in [1.54, 1.807) is 14.2 Å². The number of benzene rings is 1. The van der Waals surface area contributed by atoms with Crippen LogP contribution in [0, 0.1) is 0 Å². The Bertz CT molecular complexity index is 375. The Morgan fingerprint density at radius 1 is 1.39 bits per heavy atom. The molecule has 4 nitrogen and oxygen atoms in total. The van der Waals surface area contributed by atoms with Gasteiger partial charge in [0.1, 0.15) is 0 Å².